The molecule has 0 amide bonds. The van der Waals surface area contributed by atoms with Crippen molar-refractivity contribution in [3.63, 3.8) is 0 Å². The third-order valence-electron chi connectivity index (χ3n) is 2.81. The van der Waals surface area contributed by atoms with E-state index in [1.54, 1.807) is 0 Å². The second-order valence-corrected chi connectivity index (χ2v) is 7.32. The van der Waals surface area contributed by atoms with Gasteiger partial charge in [0.15, 0.2) is 5.78 Å². The number of rotatable bonds is 5. The second kappa shape index (κ2) is 6.86. The Labute approximate surface area is 140 Å². The van der Waals surface area contributed by atoms with Crippen LogP contribution >= 0.6 is 11.8 Å². The maximum absolute atomic E-state index is 12.2. The van der Waals surface area contributed by atoms with Crippen LogP contribution in [0, 0.1) is 0 Å². The van der Waals surface area contributed by atoms with Gasteiger partial charge in [-0.2, -0.15) is 21.6 Å². The summed E-state index contributed by atoms with van der Waals surface area (Å²) in [5.74, 6) is -0.184. The first-order valence-electron chi connectivity index (χ1n) is 6.48. The molecule has 0 aromatic heterocycles. The van der Waals surface area contributed by atoms with Crippen LogP contribution in [-0.4, -0.2) is 19.7 Å². The molecule has 128 valence electrons. The summed E-state index contributed by atoms with van der Waals surface area (Å²) in [4.78, 5) is 10.7. The molecular formula is C15H11F3O4S2. The first-order chi connectivity index (χ1) is 11.1. The topological polar surface area (TPSA) is 60.4 Å². The number of carbonyl (C=O) groups excluding carboxylic acids is 1. The van der Waals surface area contributed by atoms with Crippen molar-refractivity contribution < 1.29 is 30.6 Å². The number of hydrogen-bond acceptors (Lipinski definition) is 5. The molecule has 2 aromatic rings. The largest absolute Gasteiger partial charge is 0.446 e. The standard InChI is InChI=1S/C15H11F3O4S2/c1-10(19)11-2-4-12(5-3-11)22-24(20,21)14-8-6-13(7-9-14)23-15(16,17)18/h2-9H,1H3. The van der Waals surface area contributed by atoms with Crippen LogP contribution in [0.3, 0.4) is 0 Å². The fourth-order valence-corrected chi connectivity index (χ4v) is 3.20. The van der Waals surface area contributed by atoms with Gasteiger partial charge >= 0.3 is 15.6 Å². The van der Waals surface area contributed by atoms with Gasteiger partial charge in [0.05, 0.1) is 0 Å². The van der Waals surface area contributed by atoms with Gasteiger partial charge in [0.25, 0.3) is 0 Å². The van der Waals surface area contributed by atoms with E-state index in [9.17, 15) is 26.4 Å². The number of hydrogen-bond donors (Lipinski definition) is 0. The zero-order valence-corrected chi connectivity index (χ0v) is 13.8. The maximum Gasteiger partial charge on any atom is 0.446 e. The summed E-state index contributed by atoms with van der Waals surface area (Å²) in [5.41, 5.74) is -4.05. The Hall–Kier alpha value is -2.00. The van der Waals surface area contributed by atoms with Crippen molar-refractivity contribution in [2.45, 2.75) is 22.2 Å². The van der Waals surface area contributed by atoms with Crippen molar-refractivity contribution in [3.8, 4) is 5.75 Å². The molecule has 0 saturated heterocycles. The molecule has 0 saturated carbocycles. The van der Waals surface area contributed by atoms with Crippen LogP contribution in [-0.2, 0) is 10.1 Å². The van der Waals surface area contributed by atoms with Gasteiger partial charge in [0.2, 0.25) is 0 Å². The van der Waals surface area contributed by atoms with Gasteiger partial charge in [0, 0.05) is 10.5 Å². The van der Waals surface area contributed by atoms with Gasteiger partial charge in [-0.05, 0) is 67.2 Å². The minimum absolute atomic E-state index is 0.00579. The fourth-order valence-electron chi connectivity index (χ4n) is 1.73. The summed E-state index contributed by atoms with van der Waals surface area (Å²) >= 11 is -0.339. The van der Waals surface area contributed by atoms with E-state index in [0.29, 0.717) is 5.56 Å². The SMILES string of the molecule is CC(=O)c1ccc(OS(=O)(=O)c2ccc(SC(F)(F)F)cc2)cc1. The Morgan fingerprint density at radius 1 is 1.00 bits per heavy atom. The molecule has 0 fully saturated rings. The zero-order valence-electron chi connectivity index (χ0n) is 12.2. The van der Waals surface area contributed by atoms with Crippen molar-refractivity contribution in [3.05, 3.63) is 54.1 Å². The number of thioether (sulfide) groups is 1. The minimum atomic E-state index is -4.45. The highest BCUT2D eigenvalue weighted by atomic mass is 32.2. The highest BCUT2D eigenvalue weighted by molar-refractivity contribution is 8.00. The van der Waals surface area contributed by atoms with Crippen molar-refractivity contribution in [2.75, 3.05) is 0 Å². The molecule has 4 nitrogen and oxygen atoms in total. The van der Waals surface area contributed by atoms with Crippen molar-refractivity contribution >= 4 is 27.7 Å². The number of halogens is 3. The number of carbonyl (C=O) groups is 1. The van der Waals surface area contributed by atoms with Gasteiger partial charge < -0.3 is 4.18 Å². The van der Waals surface area contributed by atoms with Crippen LogP contribution in [0.4, 0.5) is 13.2 Å². The van der Waals surface area contributed by atoms with E-state index >= 15 is 0 Å². The lowest BCUT2D eigenvalue weighted by Crippen LogP contribution is -2.10. The van der Waals surface area contributed by atoms with Crippen LogP contribution in [0.25, 0.3) is 0 Å². The first kappa shape index (κ1) is 18.3. The summed E-state index contributed by atoms with van der Waals surface area (Å²) in [6.07, 6.45) is 0. The Morgan fingerprint density at radius 2 is 1.54 bits per heavy atom. The zero-order chi connectivity index (χ0) is 18.0. The van der Waals surface area contributed by atoms with Gasteiger partial charge in [-0.15, -0.1) is 0 Å². The highest BCUT2D eigenvalue weighted by Gasteiger charge is 2.29. The van der Waals surface area contributed by atoms with E-state index in [-0.39, 0.29) is 33.1 Å². The van der Waals surface area contributed by atoms with Crippen LogP contribution < -0.4 is 4.18 Å². The van der Waals surface area contributed by atoms with Gasteiger partial charge in [-0.25, -0.2) is 0 Å². The fraction of sp³-hybridized carbons (Fsp3) is 0.133. The molecular weight excluding hydrogens is 365 g/mol. The van der Waals surface area contributed by atoms with E-state index in [4.69, 9.17) is 4.18 Å². The highest BCUT2D eigenvalue weighted by Crippen LogP contribution is 2.37. The average molecular weight is 376 g/mol. The summed E-state index contributed by atoms with van der Waals surface area (Å²) in [6, 6.07) is 9.64. The maximum atomic E-state index is 12.2. The molecule has 0 aliphatic heterocycles. The number of benzene rings is 2. The lowest BCUT2D eigenvalue weighted by Gasteiger charge is -2.09. The quantitative estimate of drug-likeness (QED) is 0.443. The summed E-state index contributed by atoms with van der Waals surface area (Å²) < 4.78 is 65.8. The Morgan fingerprint density at radius 3 is 2.00 bits per heavy atom. The van der Waals surface area contributed by atoms with Crippen molar-refractivity contribution in [1.29, 1.82) is 0 Å². The molecule has 0 unspecified atom stereocenters. The molecule has 0 atom stereocenters. The molecule has 24 heavy (non-hydrogen) atoms. The lowest BCUT2D eigenvalue weighted by molar-refractivity contribution is -0.0328. The Balaban J connectivity index is 2.16. The summed E-state index contributed by atoms with van der Waals surface area (Å²) in [5, 5.41) is 0. The smallest absolute Gasteiger partial charge is 0.379 e. The molecule has 2 aromatic carbocycles. The van der Waals surface area contributed by atoms with Crippen LogP contribution in [0.1, 0.15) is 17.3 Å². The van der Waals surface area contributed by atoms with Crippen LogP contribution in [0.2, 0.25) is 0 Å². The molecule has 0 bridgehead atoms. The van der Waals surface area contributed by atoms with Gasteiger partial charge in [-0.1, -0.05) is 0 Å². The molecule has 0 radical (unpaired) electrons. The molecule has 0 spiro atoms. The number of Topliss-reactive ketones (excluding diaryl/α,β-unsaturated/α-hetero) is 1. The summed E-state index contributed by atoms with van der Waals surface area (Å²) in [7, 11) is -4.18. The van der Waals surface area contributed by atoms with Crippen LogP contribution in [0.15, 0.2) is 58.3 Å². The minimum Gasteiger partial charge on any atom is -0.379 e. The average Bonchev–Trinajstić information content (AvgIpc) is 2.46. The second-order valence-electron chi connectivity index (χ2n) is 4.64. The van der Waals surface area contributed by atoms with E-state index in [0.717, 1.165) is 24.3 Å². The summed E-state index contributed by atoms with van der Waals surface area (Å²) in [6.45, 7) is 1.37. The predicted octanol–water partition coefficient (Wildman–Crippen LogP) is 4.27. The number of ketones is 1. The third kappa shape index (κ3) is 5.00. The molecule has 0 aliphatic rings. The Kier molecular flexibility index (Phi) is 5.24. The van der Waals surface area contributed by atoms with E-state index in [2.05, 4.69) is 0 Å². The monoisotopic (exact) mass is 376 g/mol. The predicted molar refractivity (Wildman–Crippen MR) is 82.6 cm³/mol. The Bertz CT molecular complexity index is 827. The molecule has 2 rings (SSSR count). The van der Waals surface area contributed by atoms with Crippen LogP contribution in [0.5, 0.6) is 5.75 Å². The third-order valence-corrected chi connectivity index (χ3v) is 4.81. The lowest BCUT2D eigenvalue weighted by atomic mass is 10.1. The molecule has 9 heteroatoms. The number of alkyl halides is 3. The van der Waals surface area contributed by atoms with E-state index in [1.165, 1.54) is 31.2 Å². The van der Waals surface area contributed by atoms with E-state index in [1.807, 2.05) is 0 Å². The molecule has 0 heterocycles. The van der Waals surface area contributed by atoms with E-state index < -0.39 is 15.6 Å². The molecule has 0 aliphatic carbocycles. The van der Waals surface area contributed by atoms with Gasteiger partial charge in [0.1, 0.15) is 10.6 Å². The van der Waals surface area contributed by atoms with Crippen molar-refractivity contribution in [2.24, 2.45) is 0 Å². The normalized spacial score (nSPS) is 12.0. The van der Waals surface area contributed by atoms with Gasteiger partial charge in [-0.3, -0.25) is 4.79 Å². The first-order valence-corrected chi connectivity index (χ1v) is 8.71. The molecule has 0 N–H and O–H groups in total. The van der Waals surface area contributed by atoms with Crippen molar-refractivity contribution in [1.82, 2.24) is 0 Å².